The Kier molecular flexibility index (Phi) is 4.85. The predicted molar refractivity (Wildman–Crippen MR) is 93.0 cm³/mol. The summed E-state index contributed by atoms with van der Waals surface area (Å²) in [7, 11) is 0. The smallest absolute Gasteiger partial charge is 0.351 e. The van der Waals surface area contributed by atoms with Crippen molar-refractivity contribution in [2.45, 2.75) is 13.5 Å². The monoisotopic (exact) mass is 388 g/mol. The molecule has 2 aromatic heterocycles. The van der Waals surface area contributed by atoms with Gasteiger partial charge >= 0.3 is 17.4 Å². The highest BCUT2D eigenvalue weighted by Crippen LogP contribution is 2.20. The van der Waals surface area contributed by atoms with E-state index in [0.29, 0.717) is 5.82 Å². The third-order valence-electron chi connectivity index (χ3n) is 3.92. The van der Waals surface area contributed by atoms with Crippen LogP contribution in [0.2, 0.25) is 0 Å². The average molecular weight is 388 g/mol. The van der Waals surface area contributed by atoms with Crippen LogP contribution < -0.4 is 5.63 Å². The van der Waals surface area contributed by atoms with Crippen LogP contribution in [0.1, 0.15) is 16.2 Å². The maximum Gasteiger partial charge on any atom is 0.351 e. The van der Waals surface area contributed by atoms with Crippen molar-refractivity contribution in [2.75, 3.05) is 6.61 Å². The van der Waals surface area contributed by atoms with Gasteiger partial charge < -0.3 is 19.3 Å². The number of nitro benzene ring substituents is 1. The van der Waals surface area contributed by atoms with E-state index in [9.17, 15) is 29.8 Å². The summed E-state index contributed by atoms with van der Waals surface area (Å²) in [5, 5.41) is 22.0. The van der Waals surface area contributed by atoms with Crippen molar-refractivity contribution in [3.63, 3.8) is 0 Å². The summed E-state index contributed by atoms with van der Waals surface area (Å²) in [5.41, 5.74) is -1.55. The largest absolute Gasteiger partial charge is 0.458 e. The molecule has 0 amide bonds. The average Bonchev–Trinajstić information content (AvgIpc) is 3.01. The fourth-order valence-electron chi connectivity index (χ4n) is 2.55. The molecule has 0 fully saturated rings. The molecule has 3 aromatic rings. The van der Waals surface area contributed by atoms with Gasteiger partial charge in [-0.2, -0.15) is 0 Å². The lowest BCUT2D eigenvalue weighted by molar-refractivity contribution is -0.392. The Morgan fingerprint density at radius 3 is 2.68 bits per heavy atom. The number of benzene rings is 1. The zero-order valence-corrected chi connectivity index (χ0v) is 14.4. The zero-order chi connectivity index (χ0) is 20.4. The molecule has 0 aliphatic carbocycles. The van der Waals surface area contributed by atoms with Gasteiger partial charge in [0.15, 0.2) is 5.82 Å². The van der Waals surface area contributed by atoms with Crippen LogP contribution in [0.5, 0.6) is 0 Å². The van der Waals surface area contributed by atoms with Crippen LogP contribution in [0.15, 0.2) is 39.7 Å². The number of imidazole rings is 1. The maximum absolute atomic E-state index is 12.2. The first-order valence-electron chi connectivity index (χ1n) is 7.84. The topological polar surface area (TPSA) is 161 Å². The van der Waals surface area contributed by atoms with Crippen LogP contribution in [0.3, 0.4) is 0 Å². The van der Waals surface area contributed by atoms with Gasteiger partial charge in [-0.25, -0.2) is 19.1 Å². The Balaban J connectivity index is 1.79. The molecule has 0 N–H and O–H groups in total. The fraction of sp³-hybridized carbons (Fsp3) is 0.188. The van der Waals surface area contributed by atoms with Crippen molar-refractivity contribution in [3.05, 3.63) is 72.5 Å². The molecular weight excluding hydrogens is 376 g/mol. The molecule has 12 heteroatoms. The summed E-state index contributed by atoms with van der Waals surface area (Å²) >= 11 is 0. The summed E-state index contributed by atoms with van der Waals surface area (Å²) < 4.78 is 11.2. The molecule has 0 unspecified atom stereocenters. The lowest BCUT2D eigenvalue weighted by atomic mass is 10.1. The number of non-ortho nitro benzene ring substituents is 1. The Hall–Kier alpha value is -4.09. The molecule has 0 bridgehead atoms. The molecule has 0 atom stereocenters. The normalized spacial score (nSPS) is 10.8. The molecule has 0 aliphatic heterocycles. The third-order valence-corrected chi connectivity index (χ3v) is 3.92. The standard InChI is InChI=1S/C16H12N4O8/c1-9-17-8-14(20(25)26)18(9)4-5-27-15(21)12-7-10-6-11(19(23)24)2-3-13(10)28-16(12)22/h2-3,6-8H,4-5H2,1H3. The zero-order valence-electron chi connectivity index (χ0n) is 14.4. The minimum absolute atomic E-state index is 0.0434. The maximum atomic E-state index is 12.2. The van der Waals surface area contributed by atoms with Gasteiger partial charge in [0.25, 0.3) is 5.69 Å². The highest BCUT2D eigenvalue weighted by Gasteiger charge is 2.20. The number of aryl methyl sites for hydroxylation is 1. The van der Waals surface area contributed by atoms with E-state index in [1.807, 2.05) is 0 Å². The summed E-state index contributed by atoms with van der Waals surface area (Å²) in [6, 6.07) is 4.73. The predicted octanol–water partition coefficient (Wildman–Crippen LogP) is 1.97. The molecule has 0 aliphatic rings. The van der Waals surface area contributed by atoms with Gasteiger partial charge in [0.05, 0.1) is 4.92 Å². The van der Waals surface area contributed by atoms with Gasteiger partial charge in [0.1, 0.15) is 30.5 Å². The molecule has 0 spiro atoms. The molecule has 0 saturated carbocycles. The van der Waals surface area contributed by atoms with E-state index < -0.39 is 27.0 Å². The van der Waals surface area contributed by atoms with Crippen molar-refractivity contribution >= 4 is 28.4 Å². The second-order valence-electron chi connectivity index (χ2n) is 5.64. The summed E-state index contributed by atoms with van der Waals surface area (Å²) in [6.45, 7) is 1.25. The lowest BCUT2D eigenvalue weighted by Crippen LogP contribution is -2.19. The van der Waals surface area contributed by atoms with Crippen molar-refractivity contribution in [3.8, 4) is 0 Å². The van der Waals surface area contributed by atoms with Crippen LogP contribution in [0.25, 0.3) is 11.0 Å². The number of ether oxygens (including phenoxy) is 1. The Morgan fingerprint density at radius 2 is 2.00 bits per heavy atom. The van der Waals surface area contributed by atoms with Crippen LogP contribution >= 0.6 is 0 Å². The quantitative estimate of drug-likeness (QED) is 0.266. The highest BCUT2D eigenvalue weighted by atomic mass is 16.6. The highest BCUT2D eigenvalue weighted by molar-refractivity contribution is 5.93. The van der Waals surface area contributed by atoms with Crippen LogP contribution in [0, 0.1) is 27.2 Å². The van der Waals surface area contributed by atoms with Gasteiger partial charge in [0, 0.05) is 24.4 Å². The molecular formula is C16H12N4O8. The van der Waals surface area contributed by atoms with E-state index in [-0.39, 0.29) is 35.6 Å². The first-order chi connectivity index (χ1) is 13.3. The van der Waals surface area contributed by atoms with E-state index in [4.69, 9.17) is 9.15 Å². The van der Waals surface area contributed by atoms with Gasteiger partial charge in [-0.1, -0.05) is 0 Å². The second-order valence-corrected chi connectivity index (χ2v) is 5.64. The number of esters is 1. The van der Waals surface area contributed by atoms with Crippen LogP contribution in [-0.2, 0) is 11.3 Å². The lowest BCUT2D eigenvalue weighted by Gasteiger charge is -2.05. The van der Waals surface area contributed by atoms with E-state index >= 15 is 0 Å². The number of carbonyl (C=O) groups excluding carboxylic acids is 1. The van der Waals surface area contributed by atoms with Gasteiger partial charge in [-0.3, -0.25) is 10.1 Å². The molecule has 1 aromatic carbocycles. The minimum Gasteiger partial charge on any atom is -0.458 e. The first-order valence-corrected chi connectivity index (χ1v) is 7.84. The number of nitro groups is 2. The Bertz CT molecular complexity index is 1160. The second kappa shape index (κ2) is 7.26. The molecule has 3 rings (SSSR count). The van der Waals surface area contributed by atoms with Crippen LogP contribution in [0.4, 0.5) is 11.5 Å². The van der Waals surface area contributed by atoms with Crippen molar-refractivity contribution in [1.82, 2.24) is 9.55 Å². The molecule has 28 heavy (non-hydrogen) atoms. The SMILES string of the molecule is Cc1ncc([N+](=O)[O-])n1CCOC(=O)c1cc2cc([N+](=O)[O-])ccc2oc1=O. The Labute approximate surface area is 155 Å². The van der Waals surface area contributed by atoms with Crippen molar-refractivity contribution in [2.24, 2.45) is 0 Å². The van der Waals surface area contributed by atoms with E-state index in [2.05, 4.69) is 4.98 Å². The number of rotatable bonds is 6. The van der Waals surface area contributed by atoms with Crippen molar-refractivity contribution < 1.29 is 23.8 Å². The fourth-order valence-corrected chi connectivity index (χ4v) is 2.55. The molecule has 12 nitrogen and oxygen atoms in total. The van der Waals surface area contributed by atoms with E-state index in [0.717, 1.165) is 18.3 Å². The summed E-state index contributed by atoms with van der Waals surface area (Å²) in [5.74, 6) is -0.908. The minimum atomic E-state index is -1.01. The van der Waals surface area contributed by atoms with E-state index in [1.54, 1.807) is 6.92 Å². The third kappa shape index (κ3) is 3.56. The number of aromatic nitrogens is 2. The number of fused-ring (bicyclic) bond motifs is 1. The first kappa shape index (κ1) is 18.7. The molecule has 0 radical (unpaired) electrons. The number of hydrogen-bond acceptors (Lipinski definition) is 9. The number of hydrogen-bond donors (Lipinski definition) is 0. The number of nitrogens with zero attached hydrogens (tertiary/aromatic N) is 4. The number of carbonyl (C=O) groups is 1. The van der Waals surface area contributed by atoms with Crippen molar-refractivity contribution in [1.29, 1.82) is 0 Å². The van der Waals surface area contributed by atoms with Gasteiger partial charge in [0.2, 0.25) is 0 Å². The summed E-state index contributed by atoms with van der Waals surface area (Å²) in [6.07, 6.45) is 1.09. The summed E-state index contributed by atoms with van der Waals surface area (Å²) in [4.78, 5) is 48.5. The molecule has 0 saturated heterocycles. The van der Waals surface area contributed by atoms with E-state index in [1.165, 1.54) is 16.7 Å². The van der Waals surface area contributed by atoms with Crippen LogP contribution in [-0.4, -0.2) is 32.0 Å². The van der Waals surface area contributed by atoms with Gasteiger partial charge in [-0.15, -0.1) is 0 Å². The Morgan fingerprint density at radius 1 is 1.25 bits per heavy atom. The molecule has 144 valence electrons. The van der Waals surface area contributed by atoms with Gasteiger partial charge in [-0.05, 0) is 17.1 Å². The molecule has 2 heterocycles.